The van der Waals surface area contributed by atoms with Crippen LogP contribution in [-0.2, 0) is 16.1 Å². The van der Waals surface area contributed by atoms with Gasteiger partial charge in [-0.05, 0) is 49.2 Å². The Labute approximate surface area is 158 Å². The molecule has 1 aromatic carbocycles. The molecule has 2 atom stereocenters. The van der Waals surface area contributed by atoms with Gasteiger partial charge in [0.1, 0.15) is 0 Å². The van der Waals surface area contributed by atoms with Crippen LogP contribution in [0.1, 0.15) is 38.7 Å². The number of benzene rings is 1. The summed E-state index contributed by atoms with van der Waals surface area (Å²) in [5.74, 6) is 1.66. The van der Waals surface area contributed by atoms with Crippen LogP contribution in [0.25, 0.3) is 0 Å². The van der Waals surface area contributed by atoms with E-state index in [1.807, 2.05) is 18.2 Å². The van der Waals surface area contributed by atoms with Crippen LogP contribution in [0.15, 0.2) is 30.3 Å². The van der Waals surface area contributed by atoms with E-state index in [2.05, 4.69) is 36.6 Å². The minimum Gasteiger partial charge on any atom is -0.376 e. The van der Waals surface area contributed by atoms with E-state index in [1.54, 1.807) is 0 Å². The molecule has 1 heterocycles. The van der Waals surface area contributed by atoms with Crippen molar-refractivity contribution in [2.75, 3.05) is 26.2 Å². The van der Waals surface area contributed by atoms with Crippen LogP contribution >= 0.6 is 12.4 Å². The predicted octanol–water partition coefficient (Wildman–Crippen LogP) is 3.40. The summed E-state index contributed by atoms with van der Waals surface area (Å²) in [6.07, 6.45) is 3.03. The highest BCUT2D eigenvalue weighted by atomic mass is 35.5. The van der Waals surface area contributed by atoms with E-state index in [1.165, 1.54) is 18.4 Å². The molecule has 1 fully saturated rings. The molecule has 1 aliphatic rings. The zero-order valence-corrected chi connectivity index (χ0v) is 16.3. The Hall–Kier alpha value is -1.10. The van der Waals surface area contributed by atoms with Crippen LogP contribution in [0, 0.1) is 17.8 Å². The molecule has 0 aliphatic carbocycles. The number of rotatable bonds is 9. The first-order valence-corrected chi connectivity index (χ1v) is 9.24. The molecule has 0 radical (unpaired) electrons. The van der Waals surface area contributed by atoms with Crippen molar-refractivity contribution in [2.45, 2.75) is 39.7 Å². The molecule has 25 heavy (non-hydrogen) atoms. The fourth-order valence-corrected chi connectivity index (χ4v) is 3.24. The third kappa shape index (κ3) is 8.70. The van der Waals surface area contributed by atoms with Gasteiger partial charge in [-0.2, -0.15) is 0 Å². The summed E-state index contributed by atoms with van der Waals surface area (Å²) >= 11 is 0. The normalized spacial score (nSPS) is 17.4. The third-order valence-electron chi connectivity index (χ3n) is 4.86. The smallest absolute Gasteiger partial charge is 0.220 e. The van der Waals surface area contributed by atoms with Crippen molar-refractivity contribution in [2.24, 2.45) is 17.8 Å². The Balaban J connectivity index is 0.00000312. The van der Waals surface area contributed by atoms with Gasteiger partial charge in [0.2, 0.25) is 5.91 Å². The van der Waals surface area contributed by atoms with Crippen LogP contribution in [0.5, 0.6) is 0 Å². The minimum atomic E-state index is 0. The lowest BCUT2D eigenvalue weighted by atomic mass is 9.84. The SMILES string of the molecule is CC(CNC(=O)CC(C)C1CCNCC1)COCc1ccccc1.Cl. The van der Waals surface area contributed by atoms with E-state index in [0.29, 0.717) is 43.9 Å². The molecule has 1 aromatic rings. The van der Waals surface area contributed by atoms with Gasteiger partial charge >= 0.3 is 0 Å². The molecule has 2 N–H and O–H groups in total. The summed E-state index contributed by atoms with van der Waals surface area (Å²) in [6.45, 7) is 8.49. The summed E-state index contributed by atoms with van der Waals surface area (Å²) in [6, 6.07) is 10.2. The maximum atomic E-state index is 12.1. The number of piperidine rings is 1. The first kappa shape index (κ1) is 21.9. The average molecular weight is 369 g/mol. The third-order valence-corrected chi connectivity index (χ3v) is 4.86. The topological polar surface area (TPSA) is 50.4 Å². The Kier molecular flexibility index (Phi) is 10.8. The quantitative estimate of drug-likeness (QED) is 0.702. The molecule has 5 heteroatoms. The van der Waals surface area contributed by atoms with Crippen molar-refractivity contribution in [3.63, 3.8) is 0 Å². The Morgan fingerprint density at radius 3 is 2.60 bits per heavy atom. The van der Waals surface area contributed by atoms with E-state index < -0.39 is 0 Å². The highest BCUT2D eigenvalue weighted by Gasteiger charge is 2.22. The molecule has 0 aromatic heterocycles. The van der Waals surface area contributed by atoms with Crippen molar-refractivity contribution in [3.8, 4) is 0 Å². The summed E-state index contributed by atoms with van der Waals surface area (Å²) in [7, 11) is 0. The van der Waals surface area contributed by atoms with Crippen molar-refractivity contribution >= 4 is 18.3 Å². The van der Waals surface area contributed by atoms with Crippen molar-refractivity contribution < 1.29 is 9.53 Å². The van der Waals surface area contributed by atoms with Crippen LogP contribution in [0.2, 0.25) is 0 Å². The van der Waals surface area contributed by atoms with Crippen LogP contribution in [0.3, 0.4) is 0 Å². The molecule has 142 valence electrons. The molecule has 1 saturated heterocycles. The van der Waals surface area contributed by atoms with Crippen molar-refractivity contribution in [1.82, 2.24) is 10.6 Å². The van der Waals surface area contributed by atoms with Gasteiger partial charge in [-0.15, -0.1) is 12.4 Å². The maximum absolute atomic E-state index is 12.1. The van der Waals surface area contributed by atoms with Gasteiger partial charge in [-0.1, -0.05) is 44.2 Å². The molecule has 0 spiro atoms. The molecule has 1 amide bonds. The van der Waals surface area contributed by atoms with Crippen LogP contribution in [0.4, 0.5) is 0 Å². The monoisotopic (exact) mass is 368 g/mol. The van der Waals surface area contributed by atoms with Gasteiger partial charge in [0, 0.05) is 13.0 Å². The highest BCUT2D eigenvalue weighted by Crippen LogP contribution is 2.24. The van der Waals surface area contributed by atoms with Gasteiger partial charge in [0.15, 0.2) is 0 Å². The molecular formula is C20H33ClN2O2. The fraction of sp³-hybridized carbons (Fsp3) is 0.650. The standard InChI is InChI=1S/C20H32N2O2.ClH/c1-16(14-24-15-18-6-4-3-5-7-18)13-22-20(23)12-17(2)19-8-10-21-11-9-19;/h3-7,16-17,19,21H,8-15H2,1-2H3,(H,22,23);1H. The van der Waals surface area contributed by atoms with Gasteiger partial charge < -0.3 is 15.4 Å². The van der Waals surface area contributed by atoms with E-state index >= 15 is 0 Å². The van der Waals surface area contributed by atoms with E-state index in [0.717, 1.165) is 13.1 Å². The van der Waals surface area contributed by atoms with Gasteiger partial charge in [0.05, 0.1) is 13.2 Å². The number of hydrogen-bond donors (Lipinski definition) is 2. The number of nitrogens with one attached hydrogen (secondary N) is 2. The van der Waals surface area contributed by atoms with E-state index in [4.69, 9.17) is 4.74 Å². The van der Waals surface area contributed by atoms with Crippen LogP contribution in [-0.4, -0.2) is 32.1 Å². The Morgan fingerprint density at radius 1 is 1.24 bits per heavy atom. The average Bonchev–Trinajstić information content (AvgIpc) is 2.61. The number of ether oxygens (including phenoxy) is 1. The lowest BCUT2D eigenvalue weighted by molar-refractivity contribution is -0.122. The number of carbonyl (C=O) groups is 1. The fourth-order valence-electron chi connectivity index (χ4n) is 3.24. The number of hydrogen-bond acceptors (Lipinski definition) is 3. The summed E-state index contributed by atoms with van der Waals surface area (Å²) in [5, 5.41) is 6.45. The maximum Gasteiger partial charge on any atom is 0.220 e. The van der Waals surface area contributed by atoms with Crippen molar-refractivity contribution in [3.05, 3.63) is 35.9 Å². The zero-order valence-electron chi connectivity index (χ0n) is 15.5. The zero-order chi connectivity index (χ0) is 17.2. The van der Waals surface area contributed by atoms with E-state index in [9.17, 15) is 4.79 Å². The lowest BCUT2D eigenvalue weighted by Gasteiger charge is -2.28. The number of carbonyl (C=O) groups excluding carboxylic acids is 1. The molecule has 4 nitrogen and oxygen atoms in total. The first-order valence-electron chi connectivity index (χ1n) is 9.24. The molecule has 2 unspecified atom stereocenters. The summed E-state index contributed by atoms with van der Waals surface area (Å²) in [4.78, 5) is 12.1. The second-order valence-corrected chi connectivity index (χ2v) is 7.18. The molecule has 0 saturated carbocycles. The van der Waals surface area contributed by atoms with Crippen molar-refractivity contribution in [1.29, 1.82) is 0 Å². The lowest BCUT2D eigenvalue weighted by Crippen LogP contribution is -2.35. The molecule has 2 rings (SSSR count). The summed E-state index contributed by atoms with van der Waals surface area (Å²) < 4.78 is 5.73. The molecular weight excluding hydrogens is 336 g/mol. The van der Waals surface area contributed by atoms with Crippen LogP contribution < -0.4 is 10.6 Å². The van der Waals surface area contributed by atoms with Gasteiger partial charge in [-0.25, -0.2) is 0 Å². The van der Waals surface area contributed by atoms with Gasteiger partial charge in [0.25, 0.3) is 0 Å². The van der Waals surface area contributed by atoms with Gasteiger partial charge in [-0.3, -0.25) is 4.79 Å². The molecule has 1 aliphatic heterocycles. The highest BCUT2D eigenvalue weighted by molar-refractivity contribution is 5.85. The second kappa shape index (κ2) is 12.3. The first-order chi connectivity index (χ1) is 11.6. The number of amides is 1. The minimum absolute atomic E-state index is 0. The molecule has 0 bridgehead atoms. The Bertz CT molecular complexity index is 478. The number of halogens is 1. The second-order valence-electron chi connectivity index (χ2n) is 7.18. The predicted molar refractivity (Wildman–Crippen MR) is 105 cm³/mol. The largest absolute Gasteiger partial charge is 0.376 e. The summed E-state index contributed by atoms with van der Waals surface area (Å²) in [5.41, 5.74) is 1.18. The van der Waals surface area contributed by atoms with E-state index in [-0.39, 0.29) is 18.3 Å². The Morgan fingerprint density at radius 2 is 1.92 bits per heavy atom.